The predicted octanol–water partition coefficient (Wildman–Crippen LogP) is 2.44. The zero-order valence-corrected chi connectivity index (χ0v) is 12.6. The van der Waals surface area contributed by atoms with Gasteiger partial charge in [-0.05, 0) is 53.5 Å². The molecule has 2 atom stereocenters. The molecule has 108 valence electrons. The maximum Gasteiger partial charge on any atom is 0.225 e. The molecule has 2 aliphatic carbocycles. The van der Waals surface area contributed by atoms with Crippen LogP contribution in [0.4, 0.5) is 0 Å². The van der Waals surface area contributed by atoms with Gasteiger partial charge in [-0.2, -0.15) is 11.3 Å². The lowest BCUT2D eigenvalue weighted by Crippen LogP contribution is -2.49. The summed E-state index contributed by atoms with van der Waals surface area (Å²) in [6.45, 7) is 4.95. The van der Waals surface area contributed by atoms with E-state index >= 15 is 0 Å². The molecular formula is C16H22N2OS. The molecule has 1 aromatic heterocycles. The highest BCUT2D eigenvalue weighted by Crippen LogP contribution is 2.54. The maximum atomic E-state index is 12.5. The first kappa shape index (κ1) is 12.8. The molecule has 0 spiro atoms. The van der Waals surface area contributed by atoms with Gasteiger partial charge in [0.15, 0.2) is 0 Å². The van der Waals surface area contributed by atoms with Crippen LogP contribution in [0.5, 0.6) is 0 Å². The summed E-state index contributed by atoms with van der Waals surface area (Å²) < 4.78 is 0. The summed E-state index contributed by atoms with van der Waals surface area (Å²) in [6, 6.07) is 2.20. The molecule has 1 saturated heterocycles. The second kappa shape index (κ2) is 5.15. The van der Waals surface area contributed by atoms with Gasteiger partial charge in [0.05, 0.1) is 0 Å². The van der Waals surface area contributed by atoms with Crippen molar-refractivity contribution < 1.29 is 4.79 Å². The van der Waals surface area contributed by atoms with Crippen LogP contribution in [0.15, 0.2) is 16.8 Å². The molecule has 3 fully saturated rings. The van der Waals surface area contributed by atoms with Gasteiger partial charge in [0.2, 0.25) is 5.91 Å². The summed E-state index contributed by atoms with van der Waals surface area (Å²) in [5.41, 5.74) is 1.41. The van der Waals surface area contributed by atoms with Crippen molar-refractivity contribution in [2.24, 2.45) is 17.8 Å². The first-order valence-corrected chi connectivity index (χ1v) is 8.76. The van der Waals surface area contributed by atoms with Crippen molar-refractivity contribution in [3.8, 4) is 0 Å². The molecule has 2 unspecified atom stereocenters. The summed E-state index contributed by atoms with van der Waals surface area (Å²) in [5, 5.41) is 4.36. The van der Waals surface area contributed by atoms with E-state index in [1.165, 1.54) is 24.8 Å². The summed E-state index contributed by atoms with van der Waals surface area (Å²) in [7, 11) is 0. The molecular weight excluding hydrogens is 268 g/mol. The van der Waals surface area contributed by atoms with Crippen LogP contribution in [0.1, 0.15) is 24.8 Å². The van der Waals surface area contributed by atoms with Gasteiger partial charge >= 0.3 is 0 Å². The zero-order chi connectivity index (χ0) is 13.5. The molecule has 0 radical (unpaired) electrons. The Labute approximate surface area is 124 Å². The third-order valence-corrected chi connectivity index (χ3v) is 6.00. The Morgan fingerprint density at radius 2 is 1.90 bits per heavy atom. The molecule has 4 heteroatoms. The molecule has 1 aromatic rings. The molecule has 0 aromatic carbocycles. The third-order valence-electron chi connectivity index (χ3n) is 5.26. The lowest BCUT2D eigenvalue weighted by Gasteiger charge is -2.36. The van der Waals surface area contributed by atoms with Crippen molar-refractivity contribution in [3.05, 3.63) is 22.4 Å². The second-order valence-corrected chi connectivity index (χ2v) is 7.44. The van der Waals surface area contributed by atoms with Crippen LogP contribution in [0, 0.1) is 17.8 Å². The number of carbonyl (C=O) groups is 1. The lowest BCUT2D eigenvalue weighted by atomic mass is 10.0. The van der Waals surface area contributed by atoms with Crippen LogP contribution >= 0.6 is 11.3 Å². The van der Waals surface area contributed by atoms with Gasteiger partial charge in [0.25, 0.3) is 0 Å². The van der Waals surface area contributed by atoms with Crippen molar-refractivity contribution in [2.75, 3.05) is 26.2 Å². The van der Waals surface area contributed by atoms with Crippen LogP contribution in [0.3, 0.4) is 0 Å². The molecule has 1 aliphatic heterocycles. The summed E-state index contributed by atoms with van der Waals surface area (Å²) >= 11 is 1.76. The standard InChI is InChI=1S/C16H22N2OS/c19-16(15-8-13-7-14(13)9-15)18-4-2-17(3-5-18)10-12-1-6-20-11-12/h1,6,11,13-15H,2-5,7-10H2. The average molecular weight is 290 g/mol. The van der Waals surface area contributed by atoms with Crippen LogP contribution < -0.4 is 0 Å². The van der Waals surface area contributed by atoms with Crippen LogP contribution in [0.2, 0.25) is 0 Å². The molecule has 0 bridgehead atoms. The van der Waals surface area contributed by atoms with Gasteiger partial charge in [-0.1, -0.05) is 0 Å². The summed E-state index contributed by atoms with van der Waals surface area (Å²) in [5.74, 6) is 2.63. The highest BCUT2D eigenvalue weighted by atomic mass is 32.1. The molecule has 2 heterocycles. The largest absolute Gasteiger partial charge is 0.340 e. The molecule has 1 amide bonds. The Morgan fingerprint density at radius 1 is 1.15 bits per heavy atom. The Kier molecular flexibility index (Phi) is 3.31. The molecule has 20 heavy (non-hydrogen) atoms. The fourth-order valence-corrected chi connectivity index (χ4v) is 4.60. The minimum Gasteiger partial charge on any atom is -0.340 e. The number of hydrogen-bond donors (Lipinski definition) is 0. The highest BCUT2D eigenvalue weighted by Gasteiger charge is 2.48. The monoisotopic (exact) mass is 290 g/mol. The number of thiophene rings is 1. The summed E-state index contributed by atoms with van der Waals surface area (Å²) in [6.07, 6.45) is 3.76. The van der Waals surface area contributed by atoms with Gasteiger partial charge in [0.1, 0.15) is 0 Å². The van der Waals surface area contributed by atoms with Gasteiger partial charge < -0.3 is 4.90 Å². The molecule has 3 nitrogen and oxygen atoms in total. The number of amides is 1. The topological polar surface area (TPSA) is 23.6 Å². The van der Waals surface area contributed by atoms with Crippen molar-refractivity contribution in [1.82, 2.24) is 9.80 Å². The number of nitrogens with zero attached hydrogens (tertiary/aromatic N) is 2. The fourth-order valence-electron chi connectivity index (χ4n) is 3.94. The third kappa shape index (κ3) is 2.51. The van der Waals surface area contributed by atoms with Crippen LogP contribution in [0.25, 0.3) is 0 Å². The number of carbonyl (C=O) groups excluding carboxylic acids is 1. The van der Waals surface area contributed by atoms with E-state index in [1.807, 2.05) is 0 Å². The van der Waals surface area contributed by atoms with Crippen molar-refractivity contribution in [1.29, 1.82) is 0 Å². The second-order valence-electron chi connectivity index (χ2n) is 6.66. The smallest absolute Gasteiger partial charge is 0.225 e. The first-order valence-electron chi connectivity index (χ1n) is 7.82. The zero-order valence-electron chi connectivity index (χ0n) is 11.8. The van der Waals surface area contributed by atoms with E-state index in [9.17, 15) is 4.79 Å². The average Bonchev–Trinajstić information content (AvgIpc) is 2.90. The maximum absolute atomic E-state index is 12.5. The molecule has 0 N–H and O–H groups in total. The number of rotatable bonds is 3. The van der Waals surface area contributed by atoms with E-state index in [2.05, 4.69) is 26.6 Å². The summed E-state index contributed by atoms with van der Waals surface area (Å²) in [4.78, 5) is 17.1. The Balaban J connectivity index is 1.27. The fraction of sp³-hybridized carbons (Fsp3) is 0.688. The number of piperazine rings is 1. The van der Waals surface area contributed by atoms with Crippen LogP contribution in [-0.2, 0) is 11.3 Å². The van der Waals surface area contributed by atoms with E-state index < -0.39 is 0 Å². The minimum atomic E-state index is 0.363. The molecule has 2 saturated carbocycles. The van der Waals surface area contributed by atoms with E-state index in [-0.39, 0.29) is 0 Å². The van der Waals surface area contributed by atoms with E-state index in [1.54, 1.807) is 11.3 Å². The molecule has 3 aliphatic rings. The van der Waals surface area contributed by atoms with Gasteiger partial charge in [-0.3, -0.25) is 9.69 Å². The lowest BCUT2D eigenvalue weighted by molar-refractivity contribution is -0.137. The van der Waals surface area contributed by atoms with Crippen molar-refractivity contribution in [2.45, 2.75) is 25.8 Å². The predicted molar refractivity (Wildman–Crippen MR) is 80.5 cm³/mol. The van der Waals surface area contributed by atoms with Crippen LogP contribution in [-0.4, -0.2) is 41.9 Å². The normalized spacial score (nSPS) is 33.2. The SMILES string of the molecule is O=C(C1CC2CC2C1)N1CCN(Cc2ccsc2)CC1. The Bertz CT molecular complexity index is 469. The minimum absolute atomic E-state index is 0.363. The quantitative estimate of drug-likeness (QED) is 0.853. The van der Waals surface area contributed by atoms with E-state index in [0.717, 1.165) is 44.6 Å². The Hall–Kier alpha value is -0.870. The molecule has 4 rings (SSSR count). The van der Waals surface area contributed by atoms with E-state index in [0.29, 0.717) is 11.8 Å². The highest BCUT2D eigenvalue weighted by molar-refractivity contribution is 7.07. The van der Waals surface area contributed by atoms with Gasteiger partial charge in [-0.25, -0.2) is 0 Å². The Morgan fingerprint density at radius 3 is 2.55 bits per heavy atom. The number of fused-ring (bicyclic) bond motifs is 1. The van der Waals surface area contributed by atoms with E-state index in [4.69, 9.17) is 0 Å². The van der Waals surface area contributed by atoms with Gasteiger partial charge in [0, 0.05) is 38.6 Å². The van der Waals surface area contributed by atoms with Crippen molar-refractivity contribution >= 4 is 17.2 Å². The number of hydrogen-bond acceptors (Lipinski definition) is 3. The van der Waals surface area contributed by atoms with Crippen molar-refractivity contribution in [3.63, 3.8) is 0 Å². The first-order chi connectivity index (χ1) is 9.79. The van der Waals surface area contributed by atoms with Gasteiger partial charge in [-0.15, -0.1) is 0 Å².